The summed E-state index contributed by atoms with van der Waals surface area (Å²) in [5, 5.41) is 12.0. The molecular formula is C19H19N3O4. The first-order chi connectivity index (χ1) is 12.4. The fraction of sp³-hybridized carbons (Fsp3) is 0.211. The van der Waals surface area contributed by atoms with E-state index in [1.807, 2.05) is 38.1 Å². The topological polar surface area (TPSA) is 95.4 Å². The number of amides is 1. The van der Waals surface area contributed by atoms with Gasteiger partial charge in [0.05, 0.1) is 16.5 Å². The third kappa shape index (κ3) is 2.99. The van der Waals surface area contributed by atoms with E-state index in [1.54, 1.807) is 6.07 Å². The molecule has 1 heterocycles. The summed E-state index contributed by atoms with van der Waals surface area (Å²) in [6, 6.07) is 11.6. The molecule has 0 bridgehead atoms. The van der Waals surface area contributed by atoms with Crippen LogP contribution in [-0.2, 0) is 6.54 Å². The number of carboxylic acid groups (broad SMARTS) is 1. The molecule has 7 heteroatoms. The number of hydrogen-bond donors (Lipinski definition) is 2. The van der Waals surface area contributed by atoms with Gasteiger partial charge in [0, 0.05) is 13.1 Å². The second-order valence-corrected chi connectivity index (χ2v) is 6.01. The lowest BCUT2D eigenvalue weighted by molar-refractivity contribution is 0.0699. The molecule has 0 aliphatic heterocycles. The fourth-order valence-electron chi connectivity index (χ4n) is 2.92. The van der Waals surface area contributed by atoms with Crippen LogP contribution in [0.4, 0.5) is 4.79 Å². The maximum atomic E-state index is 12.9. The van der Waals surface area contributed by atoms with E-state index in [0.29, 0.717) is 18.6 Å². The molecule has 0 fully saturated rings. The maximum Gasteiger partial charge on any atom is 0.346 e. The van der Waals surface area contributed by atoms with Gasteiger partial charge in [-0.1, -0.05) is 30.3 Å². The van der Waals surface area contributed by atoms with Crippen molar-refractivity contribution in [2.24, 2.45) is 0 Å². The second-order valence-electron chi connectivity index (χ2n) is 6.01. The standard InChI is InChI=1S/C19H19N3O4/c1-3-21(11-13-8-5-4-7-12(13)2)19(26)22-17(23)16-14(18(24)25)9-6-10-15(16)20-22/h4-10,20H,3,11H2,1-2H3,(H,24,25). The third-order valence-corrected chi connectivity index (χ3v) is 4.41. The number of aromatic carboxylic acids is 1. The van der Waals surface area contributed by atoms with Crippen LogP contribution in [0.15, 0.2) is 47.3 Å². The van der Waals surface area contributed by atoms with Gasteiger partial charge in [-0.15, -0.1) is 0 Å². The predicted molar refractivity (Wildman–Crippen MR) is 97.6 cm³/mol. The quantitative estimate of drug-likeness (QED) is 0.754. The Morgan fingerprint density at radius 1 is 1.15 bits per heavy atom. The van der Waals surface area contributed by atoms with Crippen molar-refractivity contribution < 1.29 is 14.7 Å². The Kier molecular flexibility index (Phi) is 4.62. The number of benzene rings is 2. The van der Waals surface area contributed by atoms with E-state index >= 15 is 0 Å². The van der Waals surface area contributed by atoms with Crippen LogP contribution in [0.5, 0.6) is 0 Å². The summed E-state index contributed by atoms with van der Waals surface area (Å²) in [6.45, 7) is 4.55. The van der Waals surface area contributed by atoms with Crippen LogP contribution in [0.2, 0.25) is 0 Å². The minimum absolute atomic E-state index is 0.000273. The first-order valence-electron chi connectivity index (χ1n) is 8.24. The van der Waals surface area contributed by atoms with Crippen molar-refractivity contribution >= 4 is 22.9 Å². The van der Waals surface area contributed by atoms with Gasteiger partial charge < -0.3 is 10.0 Å². The number of aryl methyl sites for hydroxylation is 1. The molecule has 2 aromatic carbocycles. The van der Waals surface area contributed by atoms with E-state index in [-0.39, 0.29) is 10.9 Å². The number of carboxylic acids is 1. The number of carbonyl (C=O) groups excluding carboxylic acids is 1. The van der Waals surface area contributed by atoms with Crippen molar-refractivity contribution in [3.05, 3.63) is 69.5 Å². The van der Waals surface area contributed by atoms with Gasteiger partial charge in [0.25, 0.3) is 5.56 Å². The molecular weight excluding hydrogens is 334 g/mol. The number of aromatic amines is 1. The van der Waals surface area contributed by atoms with Crippen molar-refractivity contribution in [3.8, 4) is 0 Å². The van der Waals surface area contributed by atoms with Crippen LogP contribution in [0.1, 0.15) is 28.4 Å². The Morgan fingerprint density at radius 2 is 1.88 bits per heavy atom. The number of rotatable bonds is 4. The molecule has 0 unspecified atom stereocenters. The first-order valence-corrected chi connectivity index (χ1v) is 8.24. The molecule has 26 heavy (non-hydrogen) atoms. The van der Waals surface area contributed by atoms with E-state index < -0.39 is 17.6 Å². The molecule has 3 aromatic rings. The van der Waals surface area contributed by atoms with Crippen LogP contribution >= 0.6 is 0 Å². The van der Waals surface area contributed by atoms with Gasteiger partial charge >= 0.3 is 12.0 Å². The van der Waals surface area contributed by atoms with Gasteiger partial charge in [0.15, 0.2) is 0 Å². The summed E-state index contributed by atoms with van der Waals surface area (Å²) in [6.07, 6.45) is 0. The van der Waals surface area contributed by atoms with E-state index in [2.05, 4.69) is 5.10 Å². The van der Waals surface area contributed by atoms with Gasteiger partial charge in [-0.3, -0.25) is 9.89 Å². The number of aromatic nitrogens is 2. The molecule has 0 spiro atoms. The summed E-state index contributed by atoms with van der Waals surface area (Å²) in [5.74, 6) is -1.21. The SMILES string of the molecule is CCN(Cc1ccccc1C)C(=O)n1[nH]c2cccc(C(=O)O)c2c1=O. The normalized spacial score (nSPS) is 10.8. The Hall–Kier alpha value is -3.35. The smallest absolute Gasteiger partial charge is 0.346 e. The van der Waals surface area contributed by atoms with Crippen molar-refractivity contribution in [1.82, 2.24) is 14.7 Å². The van der Waals surface area contributed by atoms with Gasteiger partial charge in [-0.05, 0) is 37.1 Å². The second kappa shape index (κ2) is 6.87. The number of fused-ring (bicyclic) bond motifs is 1. The molecule has 0 atom stereocenters. The van der Waals surface area contributed by atoms with Crippen LogP contribution < -0.4 is 5.56 Å². The van der Waals surface area contributed by atoms with E-state index in [1.165, 1.54) is 17.0 Å². The number of H-pyrrole nitrogens is 1. The molecule has 134 valence electrons. The Bertz CT molecular complexity index is 1050. The monoisotopic (exact) mass is 353 g/mol. The van der Waals surface area contributed by atoms with Crippen LogP contribution in [-0.4, -0.2) is 38.3 Å². The zero-order valence-electron chi connectivity index (χ0n) is 14.5. The number of hydrogen-bond acceptors (Lipinski definition) is 3. The van der Waals surface area contributed by atoms with Gasteiger partial charge in [-0.2, -0.15) is 4.68 Å². The van der Waals surface area contributed by atoms with E-state index in [0.717, 1.165) is 15.8 Å². The lowest BCUT2D eigenvalue weighted by Crippen LogP contribution is -2.39. The molecule has 0 saturated heterocycles. The van der Waals surface area contributed by atoms with Crippen molar-refractivity contribution in [2.75, 3.05) is 6.54 Å². The summed E-state index contributed by atoms with van der Waals surface area (Å²) in [7, 11) is 0. The molecule has 1 amide bonds. The number of carbonyl (C=O) groups is 2. The number of nitrogens with zero attached hydrogens (tertiary/aromatic N) is 2. The summed E-state index contributed by atoms with van der Waals surface area (Å²) in [5.41, 5.74) is 1.56. The molecule has 1 aromatic heterocycles. The Balaban J connectivity index is 2.02. The van der Waals surface area contributed by atoms with Crippen LogP contribution in [0, 0.1) is 6.92 Å². The lowest BCUT2D eigenvalue weighted by atomic mass is 10.1. The molecule has 3 rings (SSSR count). The van der Waals surface area contributed by atoms with E-state index in [4.69, 9.17) is 0 Å². The highest BCUT2D eigenvalue weighted by atomic mass is 16.4. The lowest BCUT2D eigenvalue weighted by Gasteiger charge is -2.21. The van der Waals surface area contributed by atoms with E-state index in [9.17, 15) is 19.5 Å². The number of nitrogens with one attached hydrogen (secondary N) is 1. The van der Waals surface area contributed by atoms with Crippen LogP contribution in [0.3, 0.4) is 0 Å². The van der Waals surface area contributed by atoms with Crippen molar-refractivity contribution in [2.45, 2.75) is 20.4 Å². The molecule has 0 radical (unpaired) electrons. The molecule has 2 N–H and O–H groups in total. The van der Waals surface area contributed by atoms with Crippen molar-refractivity contribution in [3.63, 3.8) is 0 Å². The highest BCUT2D eigenvalue weighted by Crippen LogP contribution is 2.15. The highest BCUT2D eigenvalue weighted by molar-refractivity contribution is 6.03. The first kappa shape index (κ1) is 17.5. The van der Waals surface area contributed by atoms with Crippen LogP contribution in [0.25, 0.3) is 10.9 Å². The molecule has 0 saturated carbocycles. The largest absolute Gasteiger partial charge is 0.478 e. The average molecular weight is 353 g/mol. The third-order valence-electron chi connectivity index (χ3n) is 4.41. The van der Waals surface area contributed by atoms with Crippen molar-refractivity contribution in [1.29, 1.82) is 0 Å². The predicted octanol–water partition coefficient (Wildman–Crippen LogP) is 2.83. The van der Waals surface area contributed by atoms with Gasteiger partial charge in [0.2, 0.25) is 0 Å². The summed E-state index contributed by atoms with van der Waals surface area (Å²) < 4.78 is 0.874. The molecule has 0 aliphatic carbocycles. The molecule has 7 nitrogen and oxygen atoms in total. The van der Waals surface area contributed by atoms with Gasteiger partial charge in [-0.25, -0.2) is 9.59 Å². The average Bonchev–Trinajstić information content (AvgIpc) is 2.97. The van der Waals surface area contributed by atoms with Gasteiger partial charge in [0.1, 0.15) is 0 Å². The minimum atomic E-state index is -1.21. The zero-order valence-corrected chi connectivity index (χ0v) is 14.5. The Morgan fingerprint density at radius 3 is 2.54 bits per heavy atom. The summed E-state index contributed by atoms with van der Waals surface area (Å²) >= 11 is 0. The minimum Gasteiger partial charge on any atom is -0.478 e. The summed E-state index contributed by atoms with van der Waals surface area (Å²) in [4.78, 5) is 38.4. The molecule has 0 aliphatic rings. The Labute approximate surface area is 149 Å². The fourth-order valence-corrected chi connectivity index (χ4v) is 2.92. The zero-order chi connectivity index (χ0) is 18.8. The maximum absolute atomic E-state index is 12.9. The highest BCUT2D eigenvalue weighted by Gasteiger charge is 2.22.